The summed E-state index contributed by atoms with van der Waals surface area (Å²) >= 11 is 0. The second-order valence-corrected chi connectivity index (χ2v) is 3.07. The van der Waals surface area contributed by atoms with E-state index in [0.717, 1.165) is 0 Å². The Kier molecular flexibility index (Phi) is 5.46. The molecule has 3 N–H and O–H groups in total. The van der Waals surface area contributed by atoms with Gasteiger partial charge in [-0.15, -0.1) is 0 Å². The van der Waals surface area contributed by atoms with Gasteiger partial charge >= 0.3 is 0 Å². The van der Waals surface area contributed by atoms with Crippen molar-refractivity contribution in [3.8, 4) is 0 Å². The lowest BCUT2D eigenvalue weighted by atomic mass is 10.00. The monoisotopic (exact) mass is 162 g/mol. The average Bonchev–Trinajstić information content (AvgIpc) is 2.02. The maximum atomic E-state index is 9.26. The Morgan fingerprint density at radius 1 is 1.18 bits per heavy atom. The molecular formula is C8H18O3. The lowest BCUT2D eigenvalue weighted by Gasteiger charge is -2.18. The van der Waals surface area contributed by atoms with Crippen molar-refractivity contribution in [1.29, 1.82) is 0 Å². The van der Waals surface area contributed by atoms with E-state index < -0.39 is 12.2 Å². The minimum Gasteiger partial charge on any atom is -0.396 e. The fraction of sp³-hybridized carbons (Fsp3) is 1.00. The molecule has 68 valence electrons. The van der Waals surface area contributed by atoms with Crippen LogP contribution in [0, 0.1) is 5.92 Å². The zero-order chi connectivity index (χ0) is 8.85. The van der Waals surface area contributed by atoms with Gasteiger partial charge < -0.3 is 15.3 Å². The highest BCUT2D eigenvalue weighted by Crippen LogP contribution is 2.09. The number of aliphatic hydroxyl groups is 3. The van der Waals surface area contributed by atoms with Crippen molar-refractivity contribution >= 4 is 0 Å². The van der Waals surface area contributed by atoms with E-state index in [2.05, 4.69) is 0 Å². The predicted molar refractivity (Wildman–Crippen MR) is 43.2 cm³/mol. The SMILES string of the molecule is CCC(O)C(O)CC(C)CO. The largest absolute Gasteiger partial charge is 0.396 e. The van der Waals surface area contributed by atoms with E-state index in [9.17, 15) is 5.11 Å². The molecule has 0 aromatic rings. The smallest absolute Gasteiger partial charge is 0.0802 e. The Morgan fingerprint density at radius 3 is 2.09 bits per heavy atom. The third-order valence-electron chi connectivity index (χ3n) is 1.82. The summed E-state index contributed by atoms with van der Waals surface area (Å²) in [6.45, 7) is 3.72. The molecule has 3 unspecified atom stereocenters. The quantitative estimate of drug-likeness (QED) is 0.539. The molecule has 3 nitrogen and oxygen atoms in total. The van der Waals surface area contributed by atoms with Gasteiger partial charge in [-0.1, -0.05) is 13.8 Å². The normalized spacial score (nSPS) is 19.4. The fourth-order valence-electron chi connectivity index (χ4n) is 0.916. The van der Waals surface area contributed by atoms with Crippen molar-refractivity contribution in [2.24, 2.45) is 5.92 Å². The van der Waals surface area contributed by atoms with Crippen LogP contribution >= 0.6 is 0 Å². The Bertz CT molecular complexity index is 95.3. The Labute approximate surface area is 67.7 Å². The molecule has 3 heteroatoms. The first-order valence-electron chi connectivity index (χ1n) is 4.08. The summed E-state index contributed by atoms with van der Waals surface area (Å²) in [6.07, 6.45) is -0.323. The first-order chi connectivity index (χ1) is 5.11. The number of hydrogen-bond acceptors (Lipinski definition) is 3. The zero-order valence-electron chi connectivity index (χ0n) is 7.20. The molecule has 0 bridgehead atoms. The van der Waals surface area contributed by atoms with E-state index in [1.54, 1.807) is 0 Å². The van der Waals surface area contributed by atoms with Crippen LogP contribution in [0.3, 0.4) is 0 Å². The van der Waals surface area contributed by atoms with Crippen molar-refractivity contribution in [3.63, 3.8) is 0 Å². The molecule has 0 spiro atoms. The van der Waals surface area contributed by atoms with Gasteiger partial charge in [0.05, 0.1) is 12.2 Å². The molecule has 0 rings (SSSR count). The van der Waals surface area contributed by atoms with Gasteiger partial charge in [-0.05, 0) is 18.8 Å². The molecule has 0 fully saturated rings. The van der Waals surface area contributed by atoms with Gasteiger partial charge in [-0.2, -0.15) is 0 Å². The lowest BCUT2D eigenvalue weighted by molar-refractivity contribution is -0.0000879. The molecule has 0 aromatic heterocycles. The molecule has 11 heavy (non-hydrogen) atoms. The van der Waals surface area contributed by atoms with Crippen LogP contribution in [-0.2, 0) is 0 Å². The maximum absolute atomic E-state index is 9.26. The summed E-state index contributed by atoms with van der Waals surface area (Å²) in [5.74, 6) is 0.0613. The summed E-state index contributed by atoms with van der Waals surface area (Å²) in [7, 11) is 0. The predicted octanol–water partition coefficient (Wildman–Crippen LogP) is 0.137. The van der Waals surface area contributed by atoms with Crippen LogP contribution in [0.25, 0.3) is 0 Å². The summed E-state index contributed by atoms with van der Waals surface area (Å²) in [4.78, 5) is 0. The van der Waals surface area contributed by atoms with Crippen molar-refractivity contribution in [3.05, 3.63) is 0 Å². The van der Waals surface area contributed by atoms with Crippen LogP contribution in [-0.4, -0.2) is 34.1 Å². The van der Waals surface area contributed by atoms with Gasteiger partial charge in [0.25, 0.3) is 0 Å². The van der Waals surface area contributed by atoms with Gasteiger partial charge in [-0.25, -0.2) is 0 Å². The third kappa shape index (κ3) is 4.35. The van der Waals surface area contributed by atoms with Crippen LogP contribution in [0.5, 0.6) is 0 Å². The summed E-state index contributed by atoms with van der Waals surface area (Å²) < 4.78 is 0. The Balaban J connectivity index is 3.58. The first kappa shape index (κ1) is 10.9. The van der Waals surface area contributed by atoms with Crippen molar-refractivity contribution in [2.45, 2.75) is 38.9 Å². The molecule has 3 atom stereocenters. The summed E-state index contributed by atoms with van der Waals surface area (Å²) in [5, 5.41) is 27.0. The Hall–Kier alpha value is -0.120. The number of hydrogen-bond donors (Lipinski definition) is 3. The highest BCUT2D eigenvalue weighted by molar-refractivity contribution is 4.67. The molecule has 0 aliphatic heterocycles. The zero-order valence-corrected chi connectivity index (χ0v) is 7.20. The van der Waals surface area contributed by atoms with Crippen molar-refractivity contribution < 1.29 is 15.3 Å². The van der Waals surface area contributed by atoms with Crippen LogP contribution < -0.4 is 0 Å². The van der Waals surface area contributed by atoms with E-state index in [4.69, 9.17) is 10.2 Å². The van der Waals surface area contributed by atoms with E-state index in [0.29, 0.717) is 12.8 Å². The highest BCUT2D eigenvalue weighted by atomic mass is 16.3. The first-order valence-corrected chi connectivity index (χ1v) is 4.08. The van der Waals surface area contributed by atoms with Gasteiger partial charge in [0, 0.05) is 6.61 Å². The molecule has 0 aromatic carbocycles. The fourth-order valence-corrected chi connectivity index (χ4v) is 0.916. The average molecular weight is 162 g/mol. The van der Waals surface area contributed by atoms with Crippen molar-refractivity contribution in [2.75, 3.05) is 6.61 Å². The van der Waals surface area contributed by atoms with Crippen LogP contribution in [0.4, 0.5) is 0 Å². The van der Waals surface area contributed by atoms with Gasteiger partial charge in [0.1, 0.15) is 0 Å². The third-order valence-corrected chi connectivity index (χ3v) is 1.82. The molecule has 0 saturated carbocycles. The molecular weight excluding hydrogens is 144 g/mol. The lowest BCUT2D eigenvalue weighted by Crippen LogP contribution is -2.27. The maximum Gasteiger partial charge on any atom is 0.0802 e. The highest BCUT2D eigenvalue weighted by Gasteiger charge is 2.16. The van der Waals surface area contributed by atoms with Crippen LogP contribution in [0.1, 0.15) is 26.7 Å². The standard InChI is InChI=1S/C8H18O3/c1-3-7(10)8(11)4-6(2)5-9/h6-11H,3-5H2,1-2H3. The van der Waals surface area contributed by atoms with E-state index in [1.807, 2.05) is 13.8 Å². The topological polar surface area (TPSA) is 60.7 Å². The molecule has 0 radical (unpaired) electrons. The van der Waals surface area contributed by atoms with Crippen molar-refractivity contribution in [1.82, 2.24) is 0 Å². The minimum absolute atomic E-state index is 0.0613. The molecule has 0 saturated heterocycles. The van der Waals surface area contributed by atoms with Gasteiger partial charge in [0.2, 0.25) is 0 Å². The second-order valence-electron chi connectivity index (χ2n) is 3.07. The van der Waals surface area contributed by atoms with Gasteiger partial charge in [0.15, 0.2) is 0 Å². The molecule has 0 aliphatic rings. The van der Waals surface area contributed by atoms with E-state index in [-0.39, 0.29) is 12.5 Å². The second kappa shape index (κ2) is 5.52. The number of aliphatic hydroxyl groups excluding tert-OH is 3. The van der Waals surface area contributed by atoms with E-state index >= 15 is 0 Å². The molecule has 0 amide bonds. The molecule has 0 heterocycles. The summed E-state index contributed by atoms with van der Waals surface area (Å²) in [6, 6.07) is 0. The van der Waals surface area contributed by atoms with Crippen LogP contribution in [0.2, 0.25) is 0 Å². The van der Waals surface area contributed by atoms with Gasteiger partial charge in [-0.3, -0.25) is 0 Å². The van der Waals surface area contributed by atoms with E-state index in [1.165, 1.54) is 0 Å². The Morgan fingerprint density at radius 2 is 1.73 bits per heavy atom. The van der Waals surface area contributed by atoms with Crippen LogP contribution in [0.15, 0.2) is 0 Å². The summed E-state index contributed by atoms with van der Waals surface area (Å²) in [5.41, 5.74) is 0. The molecule has 0 aliphatic carbocycles. The minimum atomic E-state index is -0.692. The number of rotatable bonds is 5.